The van der Waals surface area contributed by atoms with Crippen LogP contribution in [0.3, 0.4) is 0 Å². The average molecular weight is 268 g/mol. The second kappa shape index (κ2) is 3.45. The molecule has 1 aromatic carbocycles. The Bertz CT molecular complexity index is 466. The Labute approximate surface area is 96.0 Å². The van der Waals surface area contributed by atoms with Gasteiger partial charge in [0.2, 0.25) is 0 Å². The van der Waals surface area contributed by atoms with Crippen LogP contribution in [0.25, 0.3) is 0 Å². The molecule has 2 rings (SSSR count). The lowest BCUT2D eigenvalue weighted by Crippen LogP contribution is -2.12. The highest BCUT2D eigenvalue weighted by molar-refractivity contribution is 9.10. The molecule has 1 amide bonds. The number of anilines is 1. The molecule has 78 valence electrons. The number of amides is 1. The van der Waals surface area contributed by atoms with Crippen LogP contribution in [0.2, 0.25) is 0 Å². The zero-order chi connectivity index (χ0) is 11.2. The van der Waals surface area contributed by atoms with E-state index in [0.29, 0.717) is 17.2 Å². The van der Waals surface area contributed by atoms with Gasteiger partial charge in [0.1, 0.15) is 0 Å². The Kier molecular flexibility index (Phi) is 2.38. The van der Waals surface area contributed by atoms with Crippen LogP contribution in [0.4, 0.5) is 5.69 Å². The molecule has 1 aliphatic heterocycles. The van der Waals surface area contributed by atoms with Gasteiger partial charge in [0.05, 0.1) is 11.3 Å². The number of ketones is 1. The van der Waals surface area contributed by atoms with Gasteiger partial charge in [0.15, 0.2) is 0 Å². The molecule has 0 unspecified atom stereocenters. The van der Waals surface area contributed by atoms with Crippen molar-refractivity contribution in [2.45, 2.75) is 19.8 Å². The lowest BCUT2D eigenvalue weighted by molar-refractivity contribution is -0.112. The molecule has 1 heterocycles. The Balaban J connectivity index is 2.62. The average Bonchev–Trinajstić information content (AvgIpc) is 2.45. The fourth-order valence-electron chi connectivity index (χ4n) is 1.56. The van der Waals surface area contributed by atoms with Gasteiger partial charge in [0.25, 0.3) is 11.7 Å². The molecular weight excluding hydrogens is 258 g/mol. The van der Waals surface area contributed by atoms with Gasteiger partial charge in [-0.25, -0.2) is 0 Å². The van der Waals surface area contributed by atoms with Crippen molar-refractivity contribution in [3.8, 4) is 0 Å². The predicted octanol–water partition coefficient (Wildman–Crippen LogP) is 2.71. The number of fused-ring (bicyclic) bond motifs is 1. The number of hydrogen-bond donors (Lipinski definition) is 1. The smallest absolute Gasteiger partial charge is 0.296 e. The molecule has 15 heavy (non-hydrogen) atoms. The predicted molar refractivity (Wildman–Crippen MR) is 61.2 cm³/mol. The molecule has 1 aromatic rings. The molecule has 1 aliphatic rings. The van der Waals surface area contributed by atoms with Crippen LogP contribution >= 0.6 is 15.9 Å². The normalized spacial score (nSPS) is 14.4. The topological polar surface area (TPSA) is 46.2 Å². The van der Waals surface area contributed by atoms with Crippen LogP contribution in [-0.4, -0.2) is 11.7 Å². The third-order valence-corrected chi connectivity index (χ3v) is 3.09. The van der Waals surface area contributed by atoms with E-state index in [1.54, 1.807) is 6.07 Å². The maximum atomic E-state index is 11.5. The lowest BCUT2D eigenvalue weighted by atomic mass is 9.99. The van der Waals surface area contributed by atoms with Gasteiger partial charge in [-0.3, -0.25) is 9.59 Å². The van der Waals surface area contributed by atoms with Crippen LogP contribution in [-0.2, 0) is 4.79 Å². The summed E-state index contributed by atoms with van der Waals surface area (Å²) in [6, 6.07) is 3.72. The molecule has 0 atom stereocenters. The summed E-state index contributed by atoms with van der Waals surface area (Å²) in [4.78, 5) is 22.7. The Hall–Kier alpha value is -1.16. The van der Waals surface area contributed by atoms with Crippen molar-refractivity contribution < 1.29 is 9.59 Å². The largest absolute Gasteiger partial charge is 0.317 e. The molecule has 4 heteroatoms. The maximum absolute atomic E-state index is 11.5. The van der Waals surface area contributed by atoms with E-state index >= 15 is 0 Å². The Morgan fingerprint density at radius 1 is 1.27 bits per heavy atom. The minimum atomic E-state index is -0.549. The fourth-order valence-corrected chi connectivity index (χ4v) is 2.14. The molecule has 0 saturated heterocycles. The third kappa shape index (κ3) is 1.59. The summed E-state index contributed by atoms with van der Waals surface area (Å²) < 4.78 is 0.767. The molecule has 0 radical (unpaired) electrons. The number of rotatable bonds is 1. The van der Waals surface area contributed by atoms with Gasteiger partial charge >= 0.3 is 0 Å². The second-order valence-corrected chi connectivity index (χ2v) is 4.72. The molecule has 0 aromatic heterocycles. The van der Waals surface area contributed by atoms with E-state index in [1.807, 2.05) is 19.9 Å². The van der Waals surface area contributed by atoms with Gasteiger partial charge in [-0.15, -0.1) is 0 Å². The monoisotopic (exact) mass is 267 g/mol. The first-order valence-corrected chi connectivity index (χ1v) is 5.49. The van der Waals surface area contributed by atoms with Crippen LogP contribution in [0.1, 0.15) is 35.7 Å². The van der Waals surface area contributed by atoms with Crippen molar-refractivity contribution in [2.24, 2.45) is 0 Å². The number of hydrogen-bond acceptors (Lipinski definition) is 2. The minimum absolute atomic E-state index is 0.329. The number of halogens is 1. The van der Waals surface area contributed by atoms with Gasteiger partial charge < -0.3 is 5.32 Å². The van der Waals surface area contributed by atoms with E-state index in [-0.39, 0.29) is 0 Å². The van der Waals surface area contributed by atoms with Crippen molar-refractivity contribution in [1.82, 2.24) is 0 Å². The van der Waals surface area contributed by atoms with Crippen molar-refractivity contribution in [2.75, 3.05) is 5.32 Å². The van der Waals surface area contributed by atoms with Gasteiger partial charge in [-0.05, 0) is 39.5 Å². The number of carbonyl (C=O) groups is 2. The molecule has 0 spiro atoms. The summed E-state index contributed by atoms with van der Waals surface area (Å²) in [7, 11) is 0. The zero-order valence-electron chi connectivity index (χ0n) is 8.43. The number of Topliss-reactive ketones (excluding diaryl/α,β-unsaturated/α-hetero) is 1. The molecule has 0 saturated carbocycles. The number of nitrogens with one attached hydrogen (secondary N) is 1. The molecule has 0 fully saturated rings. The van der Waals surface area contributed by atoms with Crippen LogP contribution in [0.5, 0.6) is 0 Å². The summed E-state index contributed by atoms with van der Waals surface area (Å²) in [6.07, 6.45) is 0. The van der Waals surface area contributed by atoms with E-state index < -0.39 is 11.7 Å². The van der Waals surface area contributed by atoms with Gasteiger partial charge in [-0.1, -0.05) is 13.8 Å². The van der Waals surface area contributed by atoms with E-state index in [2.05, 4.69) is 21.2 Å². The summed E-state index contributed by atoms with van der Waals surface area (Å²) in [6.45, 7) is 4.09. The first kappa shape index (κ1) is 10.4. The maximum Gasteiger partial charge on any atom is 0.296 e. The van der Waals surface area contributed by atoms with E-state index in [4.69, 9.17) is 0 Å². The Morgan fingerprint density at radius 2 is 1.93 bits per heavy atom. The van der Waals surface area contributed by atoms with E-state index in [0.717, 1.165) is 10.0 Å². The van der Waals surface area contributed by atoms with Gasteiger partial charge in [-0.2, -0.15) is 0 Å². The summed E-state index contributed by atoms with van der Waals surface area (Å²) in [5, 5.41) is 2.55. The highest BCUT2D eigenvalue weighted by Gasteiger charge is 2.30. The first-order valence-electron chi connectivity index (χ1n) is 4.70. The fraction of sp³-hybridized carbons (Fsp3) is 0.273. The highest BCUT2D eigenvalue weighted by atomic mass is 79.9. The lowest BCUT2D eigenvalue weighted by Gasteiger charge is -2.08. The molecule has 0 bridgehead atoms. The Morgan fingerprint density at radius 3 is 2.53 bits per heavy atom. The standard InChI is InChI=1S/C11H10BrNO2/c1-5(2)6-3-7-9(8(12)4-6)13-11(15)10(7)14/h3-5H,1-2H3,(H,13,14,15). The van der Waals surface area contributed by atoms with E-state index in [1.165, 1.54) is 0 Å². The second-order valence-electron chi connectivity index (χ2n) is 3.86. The summed E-state index contributed by atoms with van der Waals surface area (Å²) in [5.41, 5.74) is 2.11. The van der Waals surface area contributed by atoms with Crippen molar-refractivity contribution >= 4 is 33.3 Å². The number of carbonyl (C=O) groups excluding carboxylic acids is 2. The summed E-state index contributed by atoms with van der Waals surface area (Å²) in [5.74, 6) is -0.671. The van der Waals surface area contributed by atoms with Gasteiger partial charge in [0, 0.05) is 4.47 Å². The quantitative estimate of drug-likeness (QED) is 0.796. The number of benzene rings is 1. The third-order valence-electron chi connectivity index (χ3n) is 2.47. The summed E-state index contributed by atoms with van der Waals surface area (Å²) >= 11 is 3.35. The first-order chi connectivity index (χ1) is 7.00. The SMILES string of the molecule is CC(C)c1cc(Br)c2c(c1)C(=O)C(=O)N2. The van der Waals surface area contributed by atoms with Crippen molar-refractivity contribution in [1.29, 1.82) is 0 Å². The minimum Gasteiger partial charge on any atom is -0.317 e. The van der Waals surface area contributed by atoms with Crippen LogP contribution < -0.4 is 5.32 Å². The van der Waals surface area contributed by atoms with Crippen molar-refractivity contribution in [3.63, 3.8) is 0 Å². The van der Waals surface area contributed by atoms with E-state index in [9.17, 15) is 9.59 Å². The molecule has 3 nitrogen and oxygen atoms in total. The van der Waals surface area contributed by atoms with Crippen LogP contribution in [0.15, 0.2) is 16.6 Å². The molecular formula is C11H10BrNO2. The van der Waals surface area contributed by atoms with Crippen molar-refractivity contribution in [3.05, 3.63) is 27.7 Å². The highest BCUT2D eigenvalue weighted by Crippen LogP contribution is 2.34. The van der Waals surface area contributed by atoms with Crippen LogP contribution in [0, 0.1) is 0 Å². The zero-order valence-corrected chi connectivity index (χ0v) is 10.0. The molecule has 1 N–H and O–H groups in total. The molecule has 0 aliphatic carbocycles.